The van der Waals surface area contributed by atoms with Gasteiger partial charge in [0.05, 0.1) is 6.07 Å². The third kappa shape index (κ3) is 3.22. The fraction of sp³-hybridized carbons (Fsp3) is 0.600. The lowest BCUT2D eigenvalue weighted by molar-refractivity contribution is -0.145. The van der Waals surface area contributed by atoms with Gasteiger partial charge in [-0.2, -0.15) is 5.26 Å². The molecule has 0 fully saturated rings. The van der Waals surface area contributed by atoms with E-state index in [0.29, 0.717) is 10.5 Å². The van der Waals surface area contributed by atoms with E-state index in [9.17, 15) is 4.79 Å². The predicted octanol–water partition coefficient (Wildman–Crippen LogP) is -0.960. The van der Waals surface area contributed by atoms with E-state index in [1.165, 1.54) is 0 Å². The van der Waals surface area contributed by atoms with Crippen molar-refractivity contribution in [3.8, 4) is 6.07 Å². The molecule has 0 aromatic heterocycles. The minimum absolute atomic E-state index is 0.235. The SMILES string of the molecule is N#CCCC(O[SiH3])C(=O)O. The zero-order chi connectivity index (χ0) is 7.98. The molecule has 0 aromatic carbocycles. The van der Waals surface area contributed by atoms with E-state index < -0.39 is 12.1 Å². The van der Waals surface area contributed by atoms with Crippen molar-refractivity contribution in [3.63, 3.8) is 0 Å². The number of aliphatic carboxylic acids is 1. The number of hydrogen-bond acceptors (Lipinski definition) is 3. The van der Waals surface area contributed by atoms with Gasteiger partial charge in [-0.15, -0.1) is 0 Å². The molecule has 0 radical (unpaired) electrons. The average Bonchev–Trinajstić information content (AvgIpc) is 1.89. The maximum atomic E-state index is 10.2. The van der Waals surface area contributed by atoms with Crippen molar-refractivity contribution in [1.82, 2.24) is 0 Å². The summed E-state index contributed by atoms with van der Waals surface area (Å²) in [5.74, 6) is -0.981. The van der Waals surface area contributed by atoms with Crippen LogP contribution < -0.4 is 0 Å². The Labute approximate surface area is 62.0 Å². The first kappa shape index (κ1) is 9.14. The summed E-state index contributed by atoms with van der Waals surface area (Å²) < 4.78 is 4.70. The molecular formula is C5H9NO3Si. The molecule has 1 unspecified atom stereocenters. The van der Waals surface area contributed by atoms with E-state index in [4.69, 9.17) is 14.8 Å². The zero-order valence-electron chi connectivity index (χ0n) is 5.70. The first-order chi connectivity index (χ1) is 4.72. The molecule has 0 amide bonds. The fourth-order valence-corrected chi connectivity index (χ4v) is 0.975. The minimum Gasteiger partial charge on any atom is -0.479 e. The van der Waals surface area contributed by atoms with Gasteiger partial charge in [0.25, 0.3) is 0 Å². The Balaban J connectivity index is 3.63. The highest BCUT2D eigenvalue weighted by Gasteiger charge is 2.13. The van der Waals surface area contributed by atoms with Gasteiger partial charge in [0.15, 0.2) is 0 Å². The van der Waals surface area contributed by atoms with Gasteiger partial charge in [0.2, 0.25) is 0 Å². The van der Waals surface area contributed by atoms with Crippen LogP contribution in [0, 0.1) is 11.3 Å². The largest absolute Gasteiger partial charge is 0.479 e. The third-order valence-corrected chi connectivity index (χ3v) is 1.65. The van der Waals surface area contributed by atoms with Crippen LogP contribution in [0.2, 0.25) is 0 Å². The lowest BCUT2D eigenvalue weighted by Crippen LogP contribution is -2.22. The summed E-state index contributed by atoms with van der Waals surface area (Å²) in [7, 11) is 0.397. The van der Waals surface area contributed by atoms with E-state index >= 15 is 0 Å². The van der Waals surface area contributed by atoms with Gasteiger partial charge in [0, 0.05) is 6.42 Å². The second kappa shape index (κ2) is 4.96. The lowest BCUT2D eigenvalue weighted by atomic mass is 10.2. The number of carbonyl (C=O) groups is 1. The third-order valence-electron chi connectivity index (χ3n) is 1.08. The van der Waals surface area contributed by atoms with Gasteiger partial charge < -0.3 is 9.53 Å². The lowest BCUT2D eigenvalue weighted by Gasteiger charge is -2.06. The van der Waals surface area contributed by atoms with Crippen LogP contribution in [0.25, 0.3) is 0 Å². The Kier molecular flexibility index (Phi) is 4.54. The maximum absolute atomic E-state index is 10.2. The fourth-order valence-electron chi connectivity index (χ4n) is 0.538. The van der Waals surface area contributed by atoms with E-state index in [1.807, 2.05) is 6.07 Å². The van der Waals surface area contributed by atoms with Crippen LogP contribution in [-0.2, 0) is 9.22 Å². The number of nitrogens with zero attached hydrogens (tertiary/aromatic N) is 1. The number of hydrogen-bond donors (Lipinski definition) is 1. The topological polar surface area (TPSA) is 70.3 Å². The maximum Gasteiger partial charge on any atom is 0.331 e. The first-order valence-corrected chi connectivity index (χ1v) is 3.66. The molecule has 1 N–H and O–H groups in total. The first-order valence-electron chi connectivity index (χ1n) is 2.85. The van der Waals surface area contributed by atoms with Crippen molar-refractivity contribution in [1.29, 1.82) is 5.26 Å². The van der Waals surface area contributed by atoms with Gasteiger partial charge in [-0.1, -0.05) is 0 Å². The van der Waals surface area contributed by atoms with Crippen LogP contribution in [0.4, 0.5) is 0 Å². The molecular weight excluding hydrogens is 150 g/mol. The van der Waals surface area contributed by atoms with Crippen LogP contribution in [0.3, 0.4) is 0 Å². The number of carboxylic acid groups (broad SMARTS) is 1. The molecule has 0 bridgehead atoms. The number of rotatable bonds is 4. The molecule has 0 saturated carbocycles. The average molecular weight is 159 g/mol. The molecule has 0 aromatic rings. The summed E-state index contributed by atoms with van der Waals surface area (Å²) in [5, 5.41) is 16.5. The molecule has 0 spiro atoms. The molecule has 1 atom stereocenters. The summed E-state index contributed by atoms with van der Waals surface area (Å²) in [5.41, 5.74) is 0. The van der Waals surface area contributed by atoms with Crippen LogP contribution in [0.15, 0.2) is 0 Å². The summed E-state index contributed by atoms with van der Waals surface area (Å²) in [4.78, 5) is 10.2. The Morgan fingerprint density at radius 1 is 1.90 bits per heavy atom. The van der Waals surface area contributed by atoms with Crippen molar-refractivity contribution < 1.29 is 14.3 Å². The molecule has 0 aliphatic heterocycles. The highest BCUT2D eigenvalue weighted by atomic mass is 28.2. The van der Waals surface area contributed by atoms with Crippen molar-refractivity contribution in [2.45, 2.75) is 18.9 Å². The van der Waals surface area contributed by atoms with Gasteiger partial charge in [0.1, 0.15) is 16.6 Å². The van der Waals surface area contributed by atoms with E-state index in [1.54, 1.807) is 0 Å². The Morgan fingerprint density at radius 2 is 2.50 bits per heavy atom. The highest BCUT2D eigenvalue weighted by Crippen LogP contribution is 1.99. The molecule has 5 heteroatoms. The number of nitriles is 1. The van der Waals surface area contributed by atoms with Gasteiger partial charge in [-0.05, 0) is 6.42 Å². The number of carboxylic acids is 1. The van der Waals surface area contributed by atoms with E-state index in [0.717, 1.165) is 0 Å². The monoisotopic (exact) mass is 159 g/mol. The van der Waals surface area contributed by atoms with Crippen LogP contribution in [0.5, 0.6) is 0 Å². The molecule has 0 rings (SSSR count). The van der Waals surface area contributed by atoms with Crippen molar-refractivity contribution in [2.24, 2.45) is 0 Å². The van der Waals surface area contributed by atoms with Crippen LogP contribution in [-0.4, -0.2) is 27.7 Å². The zero-order valence-corrected chi connectivity index (χ0v) is 7.70. The summed E-state index contributed by atoms with van der Waals surface area (Å²) >= 11 is 0. The standard InChI is InChI=1S/C5H9NO3Si/c6-3-1-2-4(9-10)5(7)8/h4H,1-2H2,10H3,(H,7,8). The van der Waals surface area contributed by atoms with Gasteiger partial charge in [-0.25, -0.2) is 4.79 Å². The normalized spacial score (nSPS) is 12.3. The smallest absolute Gasteiger partial charge is 0.331 e. The van der Waals surface area contributed by atoms with Crippen molar-refractivity contribution >= 4 is 16.5 Å². The van der Waals surface area contributed by atoms with Gasteiger partial charge in [-0.3, -0.25) is 0 Å². The minimum atomic E-state index is -0.981. The Hall–Kier alpha value is -0.863. The van der Waals surface area contributed by atoms with Crippen molar-refractivity contribution in [2.75, 3.05) is 0 Å². The molecule has 0 aliphatic rings. The summed E-state index contributed by atoms with van der Waals surface area (Å²) in [6.07, 6.45) is -0.250. The Bertz CT molecular complexity index is 153. The summed E-state index contributed by atoms with van der Waals surface area (Å²) in [6.45, 7) is 0. The highest BCUT2D eigenvalue weighted by molar-refractivity contribution is 5.99. The quantitative estimate of drug-likeness (QED) is 0.536. The van der Waals surface area contributed by atoms with Crippen LogP contribution >= 0.6 is 0 Å². The van der Waals surface area contributed by atoms with Gasteiger partial charge >= 0.3 is 5.97 Å². The molecule has 0 heterocycles. The second-order valence-corrected chi connectivity index (χ2v) is 2.23. The van der Waals surface area contributed by atoms with E-state index in [2.05, 4.69) is 0 Å². The predicted molar refractivity (Wildman–Crippen MR) is 37.3 cm³/mol. The Morgan fingerprint density at radius 3 is 2.80 bits per heavy atom. The summed E-state index contributed by atoms with van der Waals surface area (Å²) in [6, 6.07) is 1.86. The molecule has 4 nitrogen and oxygen atoms in total. The van der Waals surface area contributed by atoms with Crippen molar-refractivity contribution in [3.05, 3.63) is 0 Å². The molecule has 0 saturated heterocycles. The van der Waals surface area contributed by atoms with Crippen LogP contribution in [0.1, 0.15) is 12.8 Å². The van der Waals surface area contributed by atoms with E-state index in [-0.39, 0.29) is 12.8 Å². The molecule has 0 aliphatic carbocycles. The molecule has 10 heavy (non-hydrogen) atoms. The molecule has 56 valence electrons. The second-order valence-electron chi connectivity index (χ2n) is 1.76.